The van der Waals surface area contributed by atoms with Gasteiger partial charge in [-0.2, -0.15) is 8.42 Å². The molecule has 152 valence electrons. The first kappa shape index (κ1) is 20.0. The number of hydrogen-bond donors (Lipinski definition) is 0. The van der Waals surface area contributed by atoms with E-state index in [-0.39, 0.29) is 18.5 Å². The molecule has 0 aliphatic carbocycles. The topological polar surface area (TPSA) is 87.0 Å². The standard InChI is InChI=1S/C19H19FN4O3S2/c1-28-19-21-10-9-15(22-19)18-17(12-3-5-13(20)6-4-12)23-16-8-7-14(24(16)18)11-27-29(2,25)26/h3-6,9-10,14H,7-8,11H2,1-2H3. The first-order chi connectivity index (χ1) is 13.9. The maximum Gasteiger partial charge on any atom is 0.264 e. The molecule has 0 N–H and O–H groups in total. The molecule has 10 heteroatoms. The van der Waals surface area contributed by atoms with E-state index < -0.39 is 10.1 Å². The lowest BCUT2D eigenvalue weighted by Gasteiger charge is -2.17. The molecule has 0 spiro atoms. The van der Waals surface area contributed by atoms with Crippen molar-refractivity contribution >= 4 is 21.9 Å². The van der Waals surface area contributed by atoms with Crippen LogP contribution >= 0.6 is 11.8 Å². The summed E-state index contributed by atoms with van der Waals surface area (Å²) in [6.45, 7) is 0.0263. The van der Waals surface area contributed by atoms with Crippen molar-refractivity contribution in [1.82, 2.24) is 19.5 Å². The average Bonchev–Trinajstić information content (AvgIpc) is 3.25. The molecule has 1 aliphatic rings. The van der Waals surface area contributed by atoms with Crippen LogP contribution in [0.5, 0.6) is 0 Å². The molecule has 0 amide bonds. The maximum absolute atomic E-state index is 13.4. The van der Waals surface area contributed by atoms with E-state index in [2.05, 4.69) is 9.97 Å². The van der Waals surface area contributed by atoms with Crippen LogP contribution in [0.3, 0.4) is 0 Å². The minimum absolute atomic E-state index is 0.0263. The quantitative estimate of drug-likeness (QED) is 0.334. The van der Waals surface area contributed by atoms with E-state index in [0.29, 0.717) is 23.0 Å². The smallest absolute Gasteiger partial charge is 0.264 e. The lowest BCUT2D eigenvalue weighted by molar-refractivity contribution is 0.263. The summed E-state index contributed by atoms with van der Waals surface area (Å²) < 4.78 is 43.5. The van der Waals surface area contributed by atoms with Crippen molar-refractivity contribution in [2.45, 2.75) is 24.0 Å². The van der Waals surface area contributed by atoms with Gasteiger partial charge in [-0.25, -0.2) is 19.3 Å². The maximum atomic E-state index is 13.4. The Labute approximate surface area is 172 Å². The van der Waals surface area contributed by atoms with Gasteiger partial charge in [0.15, 0.2) is 5.16 Å². The highest BCUT2D eigenvalue weighted by molar-refractivity contribution is 7.98. The van der Waals surface area contributed by atoms with Gasteiger partial charge in [-0.05, 0) is 43.0 Å². The fourth-order valence-corrected chi connectivity index (χ4v) is 4.22. The zero-order valence-electron chi connectivity index (χ0n) is 15.9. The van der Waals surface area contributed by atoms with Crippen LogP contribution in [0.2, 0.25) is 0 Å². The van der Waals surface area contributed by atoms with E-state index in [1.807, 2.05) is 10.8 Å². The van der Waals surface area contributed by atoms with Gasteiger partial charge in [-0.15, -0.1) is 0 Å². The van der Waals surface area contributed by atoms with Crippen molar-refractivity contribution in [1.29, 1.82) is 0 Å². The summed E-state index contributed by atoms with van der Waals surface area (Å²) in [7, 11) is -3.56. The summed E-state index contributed by atoms with van der Waals surface area (Å²) in [5.74, 6) is 0.499. The summed E-state index contributed by atoms with van der Waals surface area (Å²) in [5, 5.41) is 0.616. The van der Waals surface area contributed by atoms with Crippen LogP contribution in [0, 0.1) is 5.82 Å². The molecule has 0 saturated carbocycles. The second-order valence-electron chi connectivity index (χ2n) is 6.71. The fraction of sp³-hybridized carbons (Fsp3) is 0.316. The number of hydrogen-bond acceptors (Lipinski definition) is 7. The van der Waals surface area contributed by atoms with Crippen molar-refractivity contribution in [3.63, 3.8) is 0 Å². The van der Waals surface area contributed by atoms with E-state index in [4.69, 9.17) is 9.17 Å². The highest BCUT2D eigenvalue weighted by Crippen LogP contribution is 2.39. The Kier molecular flexibility index (Phi) is 5.41. The Hall–Kier alpha value is -2.30. The first-order valence-electron chi connectivity index (χ1n) is 8.94. The Morgan fingerprint density at radius 2 is 2.00 bits per heavy atom. The number of imidazole rings is 1. The third kappa shape index (κ3) is 4.19. The largest absolute Gasteiger partial charge is 0.321 e. The van der Waals surface area contributed by atoms with Gasteiger partial charge in [0.05, 0.1) is 36.0 Å². The van der Waals surface area contributed by atoms with Crippen molar-refractivity contribution in [3.05, 3.63) is 48.2 Å². The molecule has 4 rings (SSSR count). The van der Waals surface area contributed by atoms with Crippen LogP contribution in [-0.2, 0) is 20.7 Å². The zero-order valence-corrected chi connectivity index (χ0v) is 17.5. The second kappa shape index (κ2) is 7.85. The normalized spacial score (nSPS) is 16.2. The number of rotatable bonds is 6. The van der Waals surface area contributed by atoms with Gasteiger partial charge >= 0.3 is 0 Å². The fourth-order valence-electron chi connectivity index (χ4n) is 3.46. The predicted octanol–water partition coefficient (Wildman–Crippen LogP) is 3.33. The summed E-state index contributed by atoms with van der Waals surface area (Å²) in [6.07, 6.45) is 6.02. The first-order valence-corrected chi connectivity index (χ1v) is 12.0. The van der Waals surface area contributed by atoms with Gasteiger partial charge < -0.3 is 4.57 Å². The van der Waals surface area contributed by atoms with Crippen LogP contribution in [0.1, 0.15) is 18.3 Å². The molecule has 1 aromatic carbocycles. The number of nitrogens with zero attached hydrogens (tertiary/aromatic N) is 4. The highest BCUT2D eigenvalue weighted by atomic mass is 32.2. The molecule has 0 bridgehead atoms. The van der Waals surface area contributed by atoms with Crippen LogP contribution in [-0.4, -0.2) is 47.1 Å². The number of thioether (sulfide) groups is 1. The van der Waals surface area contributed by atoms with E-state index in [1.165, 1.54) is 23.9 Å². The second-order valence-corrected chi connectivity index (χ2v) is 9.13. The molecule has 1 atom stereocenters. The zero-order chi connectivity index (χ0) is 20.6. The molecule has 29 heavy (non-hydrogen) atoms. The molecular formula is C19H19FN4O3S2. The molecule has 2 aromatic heterocycles. The Balaban J connectivity index is 1.86. The van der Waals surface area contributed by atoms with Crippen LogP contribution in [0.15, 0.2) is 41.7 Å². The molecular weight excluding hydrogens is 415 g/mol. The number of fused-ring (bicyclic) bond motifs is 1. The lowest BCUT2D eigenvalue weighted by Crippen LogP contribution is -2.16. The van der Waals surface area contributed by atoms with Crippen LogP contribution in [0.4, 0.5) is 4.39 Å². The van der Waals surface area contributed by atoms with Crippen molar-refractivity contribution in [2.24, 2.45) is 0 Å². The molecule has 0 radical (unpaired) electrons. The predicted molar refractivity (Wildman–Crippen MR) is 109 cm³/mol. The highest BCUT2D eigenvalue weighted by Gasteiger charge is 2.31. The summed E-state index contributed by atoms with van der Waals surface area (Å²) in [5.41, 5.74) is 2.86. The molecule has 1 aliphatic heterocycles. The minimum Gasteiger partial charge on any atom is -0.321 e. The minimum atomic E-state index is -3.56. The SMILES string of the molecule is CSc1nccc(-c2c(-c3ccc(F)cc3)nc3n2C(COS(C)(=O)=O)CC3)n1. The number of benzene rings is 1. The molecule has 0 fully saturated rings. The van der Waals surface area contributed by atoms with E-state index in [1.54, 1.807) is 24.4 Å². The monoisotopic (exact) mass is 434 g/mol. The van der Waals surface area contributed by atoms with Gasteiger partial charge in [0.1, 0.15) is 11.6 Å². The average molecular weight is 435 g/mol. The Bertz CT molecular complexity index is 1150. The van der Waals surface area contributed by atoms with E-state index in [9.17, 15) is 12.8 Å². The van der Waals surface area contributed by atoms with Gasteiger partial charge in [0.2, 0.25) is 0 Å². The number of halogens is 1. The molecule has 3 aromatic rings. The molecule has 0 saturated heterocycles. The summed E-state index contributed by atoms with van der Waals surface area (Å²) in [4.78, 5) is 13.6. The third-order valence-corrected chi connectivity index (χ3v) is 5.83. The van der Waals surface area contributed by atoms with Crippen molar-refractivity contribution in [2.75, 3.05) is 19.1 Å². The molecule has 1 unspecified atom stereocenters. The lowest BCUT2D eigenvalue weighted by atomic mass is 10.1. The van der Waals surface area contributed by atoms with Gasteiger partial charge in [0, 0.05) is 18.2 Å². The van der Waals surface area contributed by atoms with Gasteiger partial charge in [0.25, 0.3) is 10.1 Å². The molecule has 3 heterocycles. The molecule has 7 nitrogen and oxygen atoms in total. The summed E-state index contributed by atoms with van der Waals surface area (Å²) >= 11 is 1.43. The number of aryl methyl sites for hydroxylation is 1. The van der Waals surface area contributed by atoms with Crippen LogP contribution in [0.25, 0.3) is 22.6 Å². The van der Waals surface area contributed by atoms with E-state index in [0.717, 1.165) is 29.8 Å². The van der Waals surface area contributed by atoms with Crippen molar-refractivity contribution < 1.29 is 17.0 Å². The van der Waals surface area contributed by atoms with Crippen LogP contribution < -0.4 is 0 Å². The Morgan fingerprint density at radius 3 is 2.69 bits per heavy atom. The summed E-state index contributed by atoms with van der Waals surface area (Å²) in [6, 6.07) is 7.74. The third-order valence-electron chi connectivity index (χ3n) is 4.70. The Morgan fingerprint density at radius 1 is 1.24 bits per heavy atom. The van der Waals surface area contributed by atoms with Crippen molar-refractivity contribution in [3.8, 4) is 22.6 Å². The number of aromatic nitrogens is 4. The van der Waals surface area contributed by atoms with E-state index >= 15 is 0 Å². The van der Waals surface area contributed by atoms with Gasteiger partial charge in [-0.1, -0.05) is 11.8 Å². The van der Waals surface area contributed by atoms with Gasteiger partial charge in [-0.3, -0.25) is 4.18 Å².